The van der Waals surface area contributed by atoms with Gasteiger partial charge in [0.25, 0.3) is 0 Å². The maximum Gasteiger partial charge on any atom is 0.349 e. The molecule has 0 fully saturated rings. The topological polar surface area (TPSA) is 107 Å². The molecule has 0 radical (unpaired) electrons. The Bertz CT molecular complexity index is 376. The van der Waals surface area contributed by atoms with Crippen LogP contribution in [0.4, 0.5) is 11.4 Å². The summed E-state index contributed by atoms with van der Waals surface area (Å²) in [6, 6.07) is 1.74. The van der Waals surface area contributed by atoms with Crippen molar-refractivity contribution in [3.05, 3.63) is 37.9 Å². The van der Waals surface area contributed by atoms with Gasteiger partial charge >= 0.3 is 11.4 Å². The second kappa shape index (κ2) is 3.29. The first-order chi connectivity index (χ1) is 6.43. The lowest BCUT2D eigenvalue weighted by Gasteiger charge is -1.98. The van der Waals surface area contributed by atoms with Gasteiger partial charge in [-0.2, -0.15) is 0 Å². The average molecular weight is 198 g/mol. The molecule has 0 aromatic heterocycles. The van der Waals surface area contributed by atoms with E-state index >= 15 is 0 Å². The number of hydrogen-bond acceptors (Lipinski definition) is 5. The van der Waals surface area contributed by atoms with Crippen LogP contribution in [-0.4, -0.2) is 15.0 Å². The Kier molecular flexibility index (Phi) is 2.32. The highest BCUT2D eigenvalue weighted by atomic mass is 16.6. The van der Waals surface area contributed by atoms with Crippen LogP contribution >= 0.6 is 0 Å². The minimum Gasteiger partial charge on any atom is -0.507 e. The van der Waals surface area contributed by atoms with Crippen molar-refractivity contribution in [1.82, 2.24) is 0 Å². The van der Waals surface area contributed by atoms with Crippen molar-refractivity contribution >= 4 is 11.4 Å². The molecule has 1 aromatic rings. The number of rotatable bonds is 2. The first-order valence-electron chi connectivity index (χ1n) is 3.56. The Balaban J connectivity index is 3.46. The molecule has 7 heteroatoms. The largest absolute Gasteiger partial charge is 0.507 e. The molecule has 1 N–H and O–H groups in total. The van der Waals surface area contributed by atoms with Gasteiger partial charge in [0, 0.05) is 6.07 Å². The monoisotopic (exact) mass is 198 g/mol. The van der Waals surface area contributed by atoms with Crippen LogP contribution in [0.2, 0.25) is 0 Å². The second-order valence-corrected chi connectivity index (χ2v) is 2.64. The average Bonchev–Trinajstić information content (AvgIpc) is 2.08. The Morgan fingerprint density at radius 1 is 1.14 bits per heavy atom. The minimum absolute atomic E-state index is 0.224. The summed E-state index contributed by atoms with van der Waals surface area (Å²) in [5, 5.41) is 29.9. The molecule has 0 amide bonds. The molecule has 74 valence electrons. The normalized spacial score (nSPS) is 9.79. The summed E-state index contributed by atoms with van der Waals surface area (Å²) < 4.78 is 0. The Labute approximate surface area is 77.9 Å². The summed E-state index contributed by atoms with van der Waals surface area (Å²) in [6.45, 7) is 1.42. The molecule has 0 saturated heterocycles. The molecule has 0 bridgehead atoms. The van der Waals surface area contributed by atoms with Crippen LogP contribution < -0.4 is 0 Å². The van der Waals surface area contributed by atoms with Crippen molar-refractivity contribution < 1.29 is 15.0 Å². The molecule has 0 aliphatic heterocycles. The van der Waals surface area contributed by atoms with Gasteiger partial charge in [0.05, 0.1) is 15.9 Å². The number of aryl methyl sites for hydroxylation is 1. The molecular weight excluding hydrogens is 192 g/mol. The molecule has 0 spiro atoms. The van der Waals surface area contributed by atoms with Crippen LogP contribution in [0.3, 0.4) is 0 Å². The highest BCUT2D eigenvalue weighted by molar-refractivity contribution is 5.58. The zero-order chi connectivity index (χ0) is 10.9. The summed E-state index contributed by atoms with van der Waals surface area (Å²) in [7, 11) is 0. The predicted octanol–water partition coefficient (Wildman–Crippen LogP) is 1.52. The minimum atomic E-state index is -0.905. The van der Waals surface area contributed by atoms with E-state index in [1.54, 1.807) is 0 Å². The predicted molar refractivity (Wildman–Crippen MR) is 46.2 cm³/mol. The van der Waals surface area contributed by atoms with E-state index in [4.69, 9.17) is 5.11 Å². The molecule has 1 rings (SSSR count). The molecule has 14 heavy (non-hydrogen) atoms. The Morgan fingerprint density at radius 2 is 1.57 bits per heavy atom. The van der Waals surface area contributed by atoms with E-state index in [9.17, 15) is 20.2 Å². The smallest absolute Gasteiger partial charge is 0.349 e. The molecule has 7 nitrogen and oxygen atoms in total. The number of phenols is 1. The lowest BCUT2D eigenvalue weighted by atomic mass is 10.2. The molecule has 0 aliphatic rings. The van der Waals surface area contributed by atoms with Crippen molar-refractivity contribution in [3.63, 3.8) is 0 Å². The van der Waals surface area contributed by atoms with Crippen molar-refractivity contribution in [2.45, 2.75) is 6.92 Å². The van der Waals surface area contributed by atoms with Crippen molar-refractivity contribution in [1.29, 1.82) is 0 Å². The first-order valence-corrected chi connectivity index (χ1v) is 3.56. The van der Waals surface area contributed by atoms with E-state index < -0.39 is 21.2 Å². The third-order valence-electron chi connectivity index (χ3n) is 1.69. The van der Waals surface area contributed by atoms with E-state index in [0.717, 1.165) is 12.1 Å². The van der Waals surface area contributed by atoms with Crippen molar-refractivity contribution in [2.75, 3.05) is 0 Å². The molecule has 0 heterocycles. The summed E-state index contributed by atoms with van der Waals surface area (Å²) >= 11 is 0. The SMILES string of the molecule is Cc1cc([N+](=O)[O-])c([N+](=O)[O-])cc1O. The van der Waals surface area contributed by atoms with Gasteiger partial charge in [0.15, 0.2) is 0 Å². The fourth-order valence-corrected chi connectivity index (χ4v) is 0.963. The van der Waals surface area contributed by atoms with Gasteiger partial charge < -0.3 is 5.11 Å². The van der Waals surface area contributed by atoms with Gasteiger partial charge in [0.2, 0.25) is 0 Å². The summed E-state index contributed by atoms with van der Waals surface area (Å²) in [6.07, 6.45) is 0. The summed E-state index contributed by atoms with van der Waals surface area (Å²) in [4.78, 5) is 19.0. The number of nitro groups is 2. The number of aromatic hydroxyl groups is 1. The molecule has 1 aromatic carbocycles. The zero-order valence-electron chi connectivity index (χ0n) is 7.13. The second-order valence-electron chi connectivity index (χ2n) is 2.64. The standard InChI is InChI=1S/C7H6N2O5/c1-4-2-5(8(11)12)6(9(13)14)3-7(4)10/h2-3,10H,1H3. The van der Waals surface area contributed by atoms with Gasteiger partial charge in [0.1, 0.15) is 5.75 Å². The summed E-state index contributed by atoms with van der Waals surface area (Å²) in [5.41, 5.74) is -1.11. The number of nitro benzene ring substituents is 2. The number of phenolic OH excluding ortho intramolecular Hbond substituents is 1. The van der Waals surface area contributed by atoms with Crippen LogP contribution in [0.5, 0.6) is 5.75 Å². The molecule has 0 saturated carbocycles. The lowest BCUT2D eigenvalue weighted by Crippen LogP contribution is -1.97. The Morgan fingerprint density at radius 3 is 2.00 bits per heavy atom. The van der Waals surface area contributed by atoms with Gasteiger partial charge in [-0.1, -0.05) is 0 Å². The molecular formula is C7H6N2O5. The number of nitrogens with zero attached hydrogens (tertiary/aromatic N) is 2. The van der Waals surface area contributed by atoms with Crippen LogP contribution in [0.1, 0.15) is 5.56 Å². The quantitative estimate of drug-likeness (QED) is 0.572. The highest BCUT2D eigenvalue weighted by Crippen LogP contribution is 2.32. The number of hydrogen-bond donors (Lipinski definition) is 1. The number of benzene rings is 1. The van der Waals surface area contributed by atoms with Crippen LogP contribution in [0.15, 0.2) is 12.1 Å². The van der Waals surface area contributed by atoms with E-state index in [1.165, 1.54) is 6.92 Å². The van der Waals surface area contributed by atoms with Crippen LogP contribution in [-0.2, 0) is 0 Å². The third-order valence-corrected chi connectivity index (χ3v) is 1.69. The highest BCUT2D eigenvalue weighted by Gasteiger charge is 2.25. The fourth-order valence-electron chi connectivity index (χ4n) is 0.963. The van der Waals surface area contributed by atoms with Crippen LogP contribution in [0.25, 0.3) is 0 Å². The maximum absolute atomic E-state index is 10.4. The zero-order valence-corrected chi connectivity index (χ0v) is 7.13. The van der Waals surface area contributed by atoms with Crippen molar-refractivity contribution in [3.8, 4) is 5.75 Å². The first kappa shape index (κ1) is 9.90. The van der Waals surface area contributed by atoms with Gasteiger partial charge in [-0.05, 0) is 12.5 Å². The third kappa shape index (κ3) is 1.60. The molecule has 0 atom stereocenters. The van der Waals surface area contributed by atoms with E-state index in [-0.39, 0.29) is 11.3 Å². The molecule has 0 unspecified atom stereocenters. The van der Waals surface area contributed by atoms with Gasteiger partial charge in [-0.25, -0.2) is 0 Å². The fraction of sp³-hybridized carbons (Fsp3) is 0.143. The van der Waals surface area contributed by atoms with Gasteiger partial charge in [-0.3, -0.25) is 20.2 Å². The lowest BCUT2D eigenvalue weighted by molar-refractivity contribution is -0.422. The Hall–Kier alpha value is -2.18. The summed E-state index contributed by atoms with van der Waals surface area (Å²) in [5.74, 6) is -0.331. The maximum atomic E-state index is 10.4. The van der Waals surface area contributed by atoms with E-state index in [0.29, 0.717) is 0 Å². The van der Waals surface area contributed by atoms with E-state index in [1.807, 2.05) is 0 Å². The van der Waals surface area contributed by atoms with Crippen molar-refractivity contribution in [2.24, 2.45) is 0 Å². The van der Waals surface area contributed by atoms with E-state index in [2.05, 4.69) is 0 Å². The van der Waals surface area contributed by atoms with Crippen LogP contribution in [0, 0.1) is 27.2 Å². The molecule has 0 aliphatic carbocycles. The van der Waals surface area contributed by atoms with Gasteiger partial charge in [-0.15, -0.1) is 0 Å².